The standard InChI is InChI=1S/C25H37N3/c1-24(2,3)20-16-19(17-21(18-20)25(4,5)6)23(22-10-8-9-11-26-22)28-14-12-27(7)13-15-28/h8-11,16-18,23H,12-15H2,1-7H3. The van der Waals surface area contributed by atoms with Crippen molar-refractivity contribution in [1.82, 2.24) is 14.8 Å². The van der Waals surface area contributed by atoms with Gasteiger partial charge in [0.25, 0.3) is 0 Å². The van der Waals surface area contributed by atoms with E-state index in [0.29, 0.717) is 0 Å². The van der Waals surface area contributed by atoms with Gasteiger partial charge in [-0.1, -0.05) is 65.8 Å². The number of nitrogens with zero attached hydrogens (tertiary/aromatic N) is 3. The van der Waals surface area contributed by atoms with Crippen LogP contribution in [0.1, 0.15) is 70.0 Å². The molecule has 0 N–H and O–H groups in total. The van der Waals surface area contributed by atoms with Crippen molar-refractivity contribution in [2.75, 3.05) is 33.2 Å². The summed E-state index contributed by atoms with van der Waals surface area (Å²) in [6.45, 7) is 18.2. The number of piperazine rings is 1. The fourth-order valence-electron chi connectivity index (χ4n) is 3.86. The molecule has 28 heavy (non-hydrogen) atoms. The molecule has 1 unspecified atom stereocenters. The molecule has 2 heterocycles. The van der Waals surface area contributed by atoms with Gasteiger partial charge in [-0.05, 0) is 46.7 Å². The number of pyridine rings is 1. The molecular weight excluding hydrogens is 342 g/mol. The molecule has 0 spiro atoms. The van der Waals surface area contributed by atoms with E-state index in [9.17, 15) is 0 Å². The van der Waals surface area contributed by atoms with E-state index < -0.39 is 0 Å². The summed E-state index contributed by atoms with van der Waals surface area (Å²) >= 11 is 0. The van der Waals surface area contributed by atoms with E-state index in [1.54, 1.807) is 0 Å². The Balaban J connectivity index is 2.13. The Morgan fingerprint density at radius 2 is 1.39 bits per heavy atom. The smallest absolute Gasteiger partial charge is 0.0777 e. The van der Waals surface area contributed by atoms with Crippen LogP contribution in [-0.2, 0) is 10.8 Å². The average Bonchev–Trinajstić information content (AvgIpc) is 2.63. The summed E-state index contributed by atoms with van der Waals surface area (Å²) in [7, 11) is 2.21. The molecule has 1 aromatic carbocycles. The van der Waals surface area contributed by atoms with Crippen molar-refractivity contribution in [3.05, 3.63) is 65.0 Å². The number of hydrogen-bond donors (Lipinski definition) is 0. The van der Waals surface area contributed by atoms with Crippen LogP contribution in [0.5, 0.6) is 0 Å². The van der Waals surface area contributed by atoms with Gasteiger partial charge < -0.3 is 4.90 Å². The fourth-order valence-corrected chi connectivity index (χ4v) is 3.86. The lowest BCUT2D eigenvalue weighted by atomic mass is 9.78. The highest BCUT2D eigenvalue weighted by Crippen LogP contribution is 2.36. The summed E-state index contributed by atoms with van der Waals surface area (Å²) in [4.78, 5) is 9.80. The summed E-state index contributed by atoms with van der Waals surface area (Å²) in [5, 5.41) is 0. The Morgan fingerprint density at radius 3 is 1.86 bits per heavy atom. The third-order valence-corrected chi connectivity index (χ3v) is 5.87. The van der Waals surface area contributed by atoms with E-state index in [4.69, 9.17) is 4.98 Å². The predicted octanol–water partition coefficient (Wildman–Crippen LogP) is 5.01. The highest BCUT2D eigenvalue weighted by molar-refractivity contribution is 5.41. The Kier molecular flexibility index (Phi) is 5.97. The monoisotopic (exact) mass is 379 g/mol. The SMILES string of the molecule is CN1CCN(C(c2cc(C(C)(C)C)cc(C(C)(C)C)c2)c2ccccn2)CC1. The van der Waals surface area contributed by atoms with Crippen LogP contribution < -0.4 is 0 Å². The zero-order chi connectivity index (χ0) is 20.5. The van der Waals surface area contributed by atoms with Gasteiger partial charge in [-0.3, -0.25) is 9.88 Å². The Bertz CT molecular complexity index is 743. The maximum absolute atomic E-state index is 4.78. The van der Waals surface area contributed by atoms with E-state index >= 15 is 0 Å². The number of likely N-dealkylation sites (N-methyl/N-ethyl adjacent to an activating group) is 1. The maximum Gasteiger partial charge on any atom is 0.0777 e. The topological polar surface area (TPSA) is 19.4 Å². The van der Waals surface area contributed by atoms with Gasteiger partial charge in [0, 0.05) is 32.4 Å². The van der Waals surface area contributed by atoms with Crippen LogP contribution in [0.4, 0.5) is 0 Å². The molecule has 1 aromatic heterocycles. The largest absolute Gasteiger partial charge is 0.304 e. The van der Waals surface area contributed by atoms with Crippen molar-refractivity contribution in [2.45, 2.75) is 58.4 Å². The Morgan fingerprint density at radius 1 is 0.821 bits per heavy atom. The molecule has 1 fully saturated rings. The summed E-state index contributed by atoms with van der Waals surface area (Å²) < 4.78 is 0. The molecule has 2 aromatic rings. The third-order valence-electron chi connectivity index (χ3n) is 5.87. The predicted molar refractivity (Wildman–Crippen MR) is 119 cm³/mol. The maximum atomic E-state index is 4.78. The van der Waals surface area contributed by atoms with Crippen LogP contribution in [-0.4, -0.2) is 48.0 Å². The summed E-state index contributed by atoms with van der Waals surface area (Å²) in [6.07, 6.45) is 1.93. The summed E-state index contributed by atoms with van der Waals surface area (Å²) in [6, 6.07) is 13.8. The molecule has 3 rings (SSSR count). The Labute approximate surface area is 171 Å². The van der Waals surface area contributed by atoms with Crippen LogP contribution >= 0.6 is 0 Å². The van der Waals surface area contributed by atoms with Gasteiger partial charge in [0.1, 0.15) is 0 Å². The third kappa shape index (κ3) is 4.82. The zero-order valence-corrected chi connectivity index (χ0v) is 18.8. The first kappa shape index (κ1) is 21.0. The number of aromatic nitrogens is 1. The number of benzene rings is 1. The molecule has 0 amide bonds. The molecule has 152 valence electrons. The normalized spacial score (nSPS) is 18.2. The van der Waals surface area contributed by atoms with Crippen LogP contribution in [0.2, 0.25) is 0 Å². The van der Waals surface area contributed by atoms with Gasteiger partial charge in [0.05, 0.1) is 11.7 Å². The van der Waals surface area contributed by atoms with Crippen molar-refractivity contribution in [3.63, 3.8) is 0 Å². The molecule has 1 atom stereocenters. The zero-order valence-electron chi connectivity index (χ0n) is 18.8. The van der Waals surface area contributed by atoms with E-state index in [-0.39, 0.29) is 16.9 Å². The summed E-state index contributed by atoms with van der Waals surface area (Å²) in [5.74, 6) is 0. The van der Waals surface area contributed by atoms with Crippen LogP contribution in [0.25, 0.3) is 0 Å². The molecule has 1 aliphatic rings. The first-order valence-corrected chi connectivity index (χ1v) is 10.6. The van der Waals surface area contributed by atoms with Crippen LogP contribution in [0.15, 0.2) is 42.6 Å². The van der Waals surface area contributed by atoms with Crippen molar-refractivity contribution in [2.24, 2.45) is 0 Å². The highest BCUT2D eigenvalue weighted by atomic mass is 15.3. The van der Waals surface area contributed by atoms with Crippen LogP contribution in [0.3, 0.4) is 0 Å². The molecule has 0 aliphatic carbocycles. The molecule has 3 nitrogen and oxygen atoms in total. The Hall–Kier alpha value is -1.71. The molecule has 0 saturated carbocycles. The number of rotatable bonds is 3. The molecular formula is C25H37N3. The molecule has 3 heteroatoms. The van der Waals surface area contributed by atoms with Crippen molar-refractivity contribution < 1.29 is 0 Å². The van der Waals surface area contributed by atoms with Gasteiger partial charge in [-0.25, -0.2) is 0 Å². The van der Waals surface area contributed by atoms with Gasteiger partial charge >= 0.3 is 0 Å². The van der Waals surface area contributed by atoms with Gasteiger partial charge in [-0.15, -0.1) is 0 Å². The first-order valence-electron chi connectivity index (χ1n) is 10.6. The minimum Gasteiger partial charge on any atom is -0.304 e. The van der Waals surface area contributed by atoms with Crippen LogP contribution in [0, 0.1) is 0 Å². The molecule has 1 saturated heterocycles. The van der Waals surface area contributed by atoms with E-state index in [2.05, 4.69) is 88.7 Å². The number of hydrogen-bond acceptors (Lipinski definition) is 3. The van der Waals surface area contributed by atoms with Crippen molar-refractivity contribution >= 4 is 0 Å². The van der Waals surface area contributed by atoms with E-state index in [0.717, 1.165) is 31.9 Å². The fraction of sp³-hybridized carbons (Fsp3) is 0.560. The minimum atomic E-state index is 0.118. The average molecular weight is 380 g/mol. The van der Waals surface area contributed by atoms with E-state index in [1.165, 1.54) is 16.7 Å². The van der Waals surface area contributed by atoms with Gasteiger partial charge in [-0.2, -0.15) is 0 Å². The lowest BCUT2D eigenvalue weighted by molar-refractivity contribution is 0.125. The molecule has 0 bridgehead atoms. The minimum absolute atomic E-state index is 0.118. The molecule has 0 radical (unpaired) electrons. The first-order chi connectivity index (χ1) is 13.1. The second kappa shape index (κ2) is 7.96. The van der Waals surface area contributed by atoms with Crippen molar-refractivity contribution in [1.29, 1.82) is 0 Å². The lowest BCUT2D eigenvalue weighted by Gasteiger charge is -2.39. The van der Waals surface area contributed by atoms with Crippen molar-refractivity contribution in [3.8, 4) is 0 Å². The lowest BCUT2D eigenvalue weighted by Crippen LogP contribution is -2.46. The summed E-state index contributed by atoms with van der Waals surface area (Å²) in [5.41, 5.74) is 5.58. The van der Waals surface area contributed by atoms with E-state index in [1.807, 2.05) is 12.3 Å². The van der Waals surface area contributed by atoms with Gasteiger partial charge in [0.15, 0.2) is 0 Å². The second-order valence-electron chi connectivity index (χ2n) is 10.3. The highest BCUT2D eigenvalue weighted by Gasteiger charge is 2.29. The second-order valence-corrected chi connectivity index (χ2v) is 10.3. The molecule has 1 aliphatic heterocycles. The quantitative estimate of drug-likeness (QED) is 0.747. The van der Waals surface area contributed by atoms with Gasteiger partial charge in [0.2, 0.25) is 0 Å².